The molecule has 0 atom stereocenters. The average Bonchev–Trinajstić information content (AvgIpc) is 3.03. The van der Waals surface area contributed by atoms with Gasteiger partial charge in [0, 0.05) is 0 Å². The SMILES string of the molecule is CCC[CH2][Sn]([CH2]CCC)([CH2]CCC)[c]1cc2c(C)c(C)ccc2o1. The van der Waals surface area contributed by atoms with Crippen LogP contribution in [-0.4, -0.2) is 18.4 Å². The molecule has 2 aromatic rings. The van der Waals surface area contributed by atoms with E-state index in [0.29, 0.717) is 0 Å². The van der Waals surface area contributed by atoms with E-state index in [0.717, 1.165) is 5.58 Å². The normalized spacial score (nSPS) is 12.2. The number of hydrogen-bond acceptors (Lipinski definition) is 1. The molecule has 0 N–H and O–H groups in total. The van der Waals surface area contributed by atoms with Crippen molar-refractivity contribution in [2.45, 2.75) is 86.5 Å². The summed E-state index contributed by atoms with van der Waals surface area (Å²) in [5.74, 6) is 0. The second-order valence-electron chi connectivity index (χ2n) is 7.62. The van der Waals surface area contributed by atoms with Gasteiger partial charge in [-0.25, -0.2) is 0 Å². The van der Waals surface area contributed by atoms with E-state index in [1.165, 1.54) is 72.1 Å². The summed E-state index contributed by atoms with van der Waals surface area (Å²) < 4.78 is 12.4. The van der Waals surface area contributed by atoms with Crippen molar-refractivity contribution in [2.75, 3.05) is 0 Å². The molecule has 1 aromatic heterocycles. The van der Waals surface area contributed by atoms with Gasteiger partial charge in [0.25, 0.3) is 0 Å². The van der Waals surface area contributed by atoms with E-state index in [9.17, 15) is 0 Å². The predicted molar refractivity (Wildman–Crippen MR) is 110 cm³/mol. The molecule has 0 amide bonds. The second-order valence-corrected chi connectivity index (χ2v) is 20.6. The molecule has 0 aliphatic rings. The van der Waals surface area contributed by atoms with Crippen molar-refractivity contribution < 1.29 is 4.42 Å². The Morgan fingerprint density at radius 1 is 0.833 bits per heavy atom. The molecule has 0 saturated heterocycles. The first-order valence-corrected chi connectivity index (χ1v) is 17.6. The van der Waals surface area contributed by atoms with E-state index in [1.807, 2.05) is 0 Å². The number of hydrogen-bond donors (Lipinski definition) is 0. The Kier molecular flexibility index (Phi) is 7.71. The fraction of sp³-hybridized carbons (Fsp3) is 0.636. The average molecular weight is 435 g/mol. The molecule has 134 valence electrons. The minimum atomic E-state index is -2.43. The van der Waals surface area contributed by atoms with Gasteiger partial charge >= 0.3 is 153 Å². The number of unbranched alkanes of at least 4 members (excludes halogenated alkanes) is 3. The topological polar surface area (TPSA) is 13.1 Å². The molecule has 0 radical (unpaired) electrons. The van der Waals surface area contributed by atoms with Gasteiger partial charge in [-0.3, -0.25) is 0 Å². The Morgan fingerprint density at radius 3 is 1.88 bits per heavy atom. The van der Waals surface area contributed by atoms with E-state index in [-0.39, 0.29) is 0 Å². The number of aryl methyl sites for hydroxylation is 2. The summed E-state index contributed by atoms with van der Waals surface area (Å²) in [5, 5.41) is 1.37. The summed E-state index contributed by atoms with van der Waals surface area (Å²) in [5.41, 5.74) is 3.91. The second kappa shape index (κ2) is 9.31. The molecule has 2 rings (SSSR count). The van der Waals surface area contributed by atoms with Crippen molar-refractivity contribution in [1.82, 2.24) is 0 Å². The van der Waals surface area contributed by atoms with Crippen molar-refractivity contribution in [2.24, 2.45) is 0 Å². The molecular formula is C22H36OSn. The molecule has 1 heterocycles. The van der Waals surface area contributed by atoms with E-state index < -0.39 is 18.4 Å². The van der Waals surface area contributed by atoms with Crippen LogP contribution in [0.1, 0.15) is 70.4 Å². The van der Waals surface area contributed by atoms with E-state index in [1.54, 1.807) is 0 Å². The van der Waals surface area contributed by atoms with Crippen LogP contribution in [0.3, 0.4) is 0 Å². The summed E-state index contributed by atoms with van der Waals surface area (Å²) in [7, 11) is 0. The third-order valence-corrected chi connectivity index (χ3v) is 20.7. The number of furan rings is 1. The zero-order valence-electron chi connectivity index (χ0n) is 16.5. The molecule has 0 fully saturated rings. The van der Waals surface area contributed by atoms with Gasteiger partial charge in [-0.05, 0) is 0 Å². The molecule has 0 bridgehead atoms. The molecule has 1 nitrogen and oxygen atoms in total. The predicted octanol–water partition coefficient (Wildman–Crippen LogP) is 7.11. The van der Waals surface area contributed by atoms with Crippen LogP contribution in [0.2, 0.25) is 13.3 Å². The minimum absolute atomic E-state index is 1.12. The molecule has 0 saturated carbocycles. The summed E-state index contributed by atoms with van der Waals surface area (Å²) in [6.07, 6.45) is 8.11. The third-order valence-electron chi connectivity index (χ3n) is 5.79. The van der Waals surface area contributed by atoms with E-state index in [2.05, 4.69) is 52.8 Å². The van der Waals surface area contributed by atoms with Gasteiger partial charge in [-0.15, -0.1) is 0 Å². The van der Waals surface area contributed by atoms with Gasteiger partial charge < -0.3 is 0 Å². The fourth-order valence-electron chi connectivity index (χ4n) is 3.91. The fourth-order valence-corrected chi connectivity index (χ4v) is 19.2. The molecule has 0 aliphatic heterocycles. The first kappa shape index (κ1) is 19.9. The van der Waals surface area contributed by atoms with Crippen LogP contribution in [0, 0.1) is 13.8 Å². The van der Waals surface area contributed by atoms with E-state index >= 15 is 0 Å². The molecule has 2 heteroatoms. The molecular weight excluding hydrogens is 399 g/mol. The van der Waals surface area contributed by atoms with Crippen LogP contribution < -0.4 is 3.78 Å². The summed E-state index contributed by atoms with van der Waals surface area (Å²) in [6.45, 7) is 11.5. The van der Waals surface area contributed by atoms with Crippen molar-refractivity contribution in [3.05, 3.63) is 29.3 Å². The monoisotopic (exact) mass is 436 g/mol. The van der Waals surface area contributed by atoms with Gasteiger partial charge in [-0.2, -0.15) is 0 Å². The summed E-state index contributed by atoms with van der Waals surface area (Å²) in [6, 6.07) is 6.87. The van der Waals surface area contributed by atoms with Crippen LogP contribution in [0.4, 0.5) is 0 Å². The van der Waals surface area contributed by atoms with Crippen LogP contribution in [0.5, 0.6) is 0 Å². The Balaban J connectivity index is 2.48. The Labute approximate surface area is 153 Å². The number of fused-ring (bicyclic) bond motifs is 1. The number of rotatable bonds is 10. The zero-order chi connectivity index (χ0) is 17.6. The maximum atomic E-state index is 6.55. The molecule has 0 spiro atoms. The van der Waals surface area contributed by atoms with Crippen molar-refractivity contribution >= 4 is 33.1 Å². The summed E-state index contributed by atoms with van der Waals surface area (Å²) >= 11 is -2.43. The third kappa shape index (κ3) is 4.39. The quantitative estimate of drug-likeness (QED) is 0.363. The van der Waals surface area contributed by atoms with Crippen LogP contribution in [0.15, 0.2) is 22.6 Å². The van der Waals surface area contributed by atoms with Crippen molar-refractivity contribution in [3.8, 4) is 0 Å². The van der Waals surface area contributed by atoms with Gasteiger partial charge in [0.05, 0.1) is 0 Å². The molecule has 0 aliphatic carbocycles. The first-order valence-electron chi connectivity index (χ1n) is 10.1. The van der Waals surface area contributed by atoms with Gasteiger partial charge in [0.1, 0.15) is 0 Å². The maximum absolute atomic E-state index is 6.55. The van der Waals surface area contributed by atoms with Crippen LogP contribution in [-0.2, 0) is 0 Å². The van der Waals surface area contributed by atoms with Gasteiger partial charge in [0.2, 0.25) is 0 Å². The van der Waals surface area contributed by atoms with Crippen molar-refractivity contribution in [3.63, 3.8) is 0 Å². The first-order chi connectivity index (χ1) is 11.6. The summed E-state index contributed by atoms with van der Waals surface area (Å²) in [4.78, 5) is 0. The Bertz CT molecular complexity index is 619. The molecule has 24 heavy (non-hydrogen) atoms. The van der Waals surface area contributed by atoms with Crippen LogP contribution in [0.25, 0.3) is 11.0 Å². The van der Waals surface area contributed by atoms with Gasteiger partial charge in [0.15, 0.2) is 0 Å². The molecule has 1 aromatic carbocycles. The van der Waals surface area contributed by atoms with Crippen LogP contribution >= 0.6 is 0 Å². The number of benzene rings is 1. The Hall–Kier alpha value is -0.441. The molecule has 0 unspecified atom stereocenters. The van der Waals surface area contributed by atoms with E-state index in [4.69, 9.17) is 4.42 Å². The Morgan fingerprint density at radius 2 is 1.38 bits per heavy atom. The zero-order valence-corrected chi connectivity index (χ0v) is 19.4. The van der Waals surface area contributed by atoms with Crippen molar-refractivity contribution in [1.29, 1.82) is 0 Å². The van der Waals surface area contributed by atoms with Gasteiger partial charge in [-0.1, -0.05) is 0 Å². The standard InChI is InChI=1S/C10H9O.3C4H9.Sn/c1-7-3-4-10-9(8(7)2)5-6-11-10;3*1-3-4-2;/h3-5H,1-2H3;3*1,3-4H2,2H3;.